The van der Waals surface area contributed by atoms with Gasteiger partial charge >= 0.3 is 0 Å². The van der Waals surface area contributed by atoms with E-state index in [1.807, 2.05) is 0 Å². The molecule has 0 radical (unpaired) electrons. The zero-order valence-electron chi connectivity index (χ0n) is 10.1. The lowest BCUT2D eigenvalue weighted by molar-refractivity contribution is 0.598. The molecular formula is C12H13N3O2S. The highest BCUT2D eigenvalue weighted by atomic mass is 32.2. The van der Waals surface area contributed by atoms with E-state index < -0.39 is 11.4 Å². The van der Waals surface area contributed by atoms with Crippen molar-refractivity contribution in [2.24, 2.45) is 4.40 Å². The molecule has 2 heterocycles. The Kier molecular flexibility index (Phi) is 3.78. The van der Waals surface area contributed by atoms with Crippen molar-refractivity contribution in [2.75, 3.05) is 5.75 Å². The van der Waals surface area contributed by atoms with E-state index in [0.717, 1.165) is 0 Å². The van der Waals surface area contributed by atoms with Crippen molar-refractivity contribution in [1.29, 1.82) is 0 Å². The fraction of sp³-hybridized carbons (Fsp3) is 0.250. The maximum atomic E-state index is 11.9. The van der Waals surface area contributed by atoms with Crippen LogP contribution in [0.25, 0.3) is 11.0 Å². The molecule has 0 saturated heterocycles. The summed E-state index contributed by atoms with van der Waals surface area (Å²) in [5, 5.41) is 0. The number of hydrogen-bond acceptors (Lipinski definition) is 4. The van der Waals surface area contributed by atoms with Gasteiger partial charge in [0.15, 0.2) is 0 Å². The zero-order valence-corrected chi connectivity index (χ0v) is 11.0. The van der Waals surface area contributed by atoms with Crippen LogP contribution >= 0.6 is 0 Å². The minimum atomic E-state index is -1.28. The van der Waals surface area contributed by atoms with E-state index in [-0.39, 0.29) is 5.56 Å². The second kappa shape index (κ2) is 5.32. The highest BCUT2D eigenvalue weighted by Crippen LogP contribution is 2.08. The first kappa shape index (κ1) is 12.8. The highest BCUT2D eigenvalue weighted by molar-refractivity contribution is 7.90. The quantitative estimate of drug-likeness (QED) is 0.671. The van der Waals surface area contributed by atoms with Gasteiger partial charge in [0.25, 0.3) is 5.56 Å². The Morgan fingerprint density at radius 1 is 1.61 bits per heavy atom. The Morgan fingerprint density at radius 3 is 3.11 bits per heavy atom. The van der Waals surface area contributed by atoms with Crippen molar-refractivity contribution in [3.63, 3.8) is 0 Å². The molecule has 0 aromatic carbocycles. The number of aromatic nitrogens is 2. The summed E-state index contributed by atoms with van der Waals surface area (Å²) in [5.41, 5.74) is 1.98. The fourth-order valence-electron chi connectivity index (χ4n) is 1.57. The number of fused-ring (bicyclic) bond motifs is 1. The Morgan fingerprint density at radius 2 is 2.39 bits per heavy atom. The summed E-state index contributed by atoms with van der Waals surface area (Å²) in [7, 11) is 0. The average Bonchev–Trinajstić information content (AvgIpc) is 2.37. The van der Waals surface area contributed by atoms with Crippen molar-refractivity contribution in [3.8, 4) is 0 Å². The number of hydrogen-bond donors (Lipinski definition) is 1. The van der Waals surface area contributed by atoms with E-state index >= 15 is 0 Å². The number of nitrogens with zero attached hydrogens (tertiary/aromatic N) is 2. The average molecular weight is 263 g/mol. The van der Waals surface area contributed by atoms with Crippen LogP contribution < -0.4 is 5.56 Å². The molecule has 94 valence electrons. The van der Waals surface area contributed by atoms with Gasteiger partial charge in [-0.15, -0.1) is 0 Å². The summed E-state index contributed by atoms with van der Waals surface area (Å²) in [6.07, 6.45) is 1.65. The molecule has 1 unspecified atom stereocenters. The Hall–Kier alpha value is -1.66. The third kappa shape index (κ3) is 2.60. The van der Waals surface area contributed by atoms with Gasteiger partial charge in [-0.3, -0.25) is 9.78 Å². The second-order valence-corrected chi connectivity index (χ2v) is 5.14. The maximum absolute atomic E-state index is 11.9. The molecule has 6 heteroatoms. The third-order valence-electron chi connectivity index (χ3n) is 2.49. The van der Waals surface area contributed by atoms with Crippen LogP contribution in [-0.4, -0.2) is 26.0 Å². The third-order valence-corrected chi connectivity index (χ3v) is 3.46. The van der Waals surface area contributed by atoms with Gasteiger partial charge in [-0.1, -0.05) is 4.40 Å². The monoisotopic (exact) mass is 263 g/mol. The van der Waals surface area contributed by atoms with E-state index in [2.05, 4.69) is 14.4 Å². The first-order valence-corrected chi connectivity index (χ1v) is 6.81. The number of aromatic amines is 1. The lowest BCUT2D eigenvalue weighted by Gasteiger charge is -2.03. The predicted molar refractivity (Wildman–Crippen MR) is 73.3 cm³/mol. The Labute approximate surface area is 107 Å². The van der Waals surface area contributed by atoms with Crippen LogP contribution in [0.4, 0.5) is 0 Å². The van der Waals surface area contributed by atoms with Crippen LogP contribution in [0.1, 0.15) is 19.4 Å². The largest absolute Gasteiger partial charge is 0.591 e. The molecule has 0 fully saturated rings. The standard InChI is InChI=1S/C12H13N3O2S/c1-3-18(17)15-8(2)9-7-11-10(14-12(9)16)5-4-6-13-11/h4-7H,3H2,1-2H3,(H,14,16). The van der Waals surface area contributed by atoms with Crippen LogP contribution in [0.15, 0.2) is 33.6 Å². The van der Waals surface area contributed by atoms with Crippen molar-refractivity contribution in [1.82, 2.24) is 9.97 Å². The summed E-state index contributed by atoms with van der Waals surface area (Å²) in [5.74, 6) is 0.432. The van der Waals surface area contributed by atoms with Crippen LogP contribution in [0.3, 0.4) is 0 Å². The van der Waals surface area contributed by atoms with E-state index in [4.69, 9.17) is 0 Å². The number of H-pyrrole nitrogens is 1. The molecule has 0 aliphatic rings. The van der Waals surface area contributed by atoms with Gasteiger partial charge in [0.2, 0.25) is 0 Å². The van der Waals surface area contributed by atoms with E-state index in [0.29, 0.717) is 28.1 Å². The SMILES string of the molecule is CC[S+]([O-])N=C(C)c1cc2ncccc2[nH]c1=O. The summed E-state index contributed by atoms with van der Waals surface area (Å²) < 4.78 is 15.3. The predicted octanol–water partition coefficient (Wildman–Crippen LogP) is 1.42. The normalized spacial score (nSPS) is 13.8. The first-order valence-electron chi connectivity index (χ1n) is 5.54. The molecule has 2 aromatic heterocycles. The van der Waals surface area contributed by atoms with Gasteiger partial charge in [0.05, 0.1) is 28.0 Å². The molecule has 1 N–H and O–H groups in total. The molecule has 18 heavy (non-hydrogen) atoms. The van der Waals surface area contributed by atoms with Crippen molar-refractivity contribution in [3.05, 3.63) is 40.3 Å². The summed E-state index contributed by atoms with van der Waals surface area (Å²) in [6.45, 7) is 3.45. The molecule has 1 atom stereocenters. The molecule has 5 nitrogen and oxygen atoms in total. The molecule has 0 saturated carbocycles. The van der Waals surface area contributed by atoms with Gasteiger partial charge in [0.1, 0.15) is 11.5 Å². The lowest BCUT2D eigenvalue weighted by atomic mass is 10.1. The maximum Gasteiger partial charge on any atom is 0.257 e. The van der Waals surface area contributed by atoms with Crippen molar-refractivity contribution in [2.45, 2.75) is 13.8 Å². The van der Waals surface area contributed by atoms with Gasteiger partial charge in [-0.2, -0.15) is 0 Å². The molecular weight excluding hydrogens is 250 g/mol. The smallest absolute Gasteiger partial charge is 0.257 e. The van der Waals surface area contributed by atoms with E-state index in [1.54, 1.807) is 38.2 Å². The van der Waals surface area contributed by atoms with Gasteiger partial charge in [0, 0.05) is 6.20 Å². The summed E-state index contributed by atoms with van der Waals surface area (Å²) in [4.78, 5) is 18.8. The second-order valence-electron chi connectivity index (χ2n) is 3.74. The molecule has 0 aliphatic heterocycles. The number of rotatable bonds is 3. The van der Waals surface area contributed by atoms with Crippen molar-refractivity contribution < 1.29 is 4.55 Å². The van der Waals surface area contributed by atoms with Crippen LogP contribution in [0.2, 0.25) is 0 Å². The fourth-order valence-corrected chi connectivity index (χ4v) is 2.10. The first-order chi connectivity index (χ1) is 8.61. The van der Waals surface area contributed by atoms with Gasteiger partial charge in [-0.05, 0) is 32.0 Å². The molecule has 0 amide bonds. The Balaban J connectivity index is 2.54. The van der Waals surface area contributed by atoms with Gasteiger partial charge in [-0.25, -0.2) is 0 Å². The molecule has 0 aliphatic carbocycles. The Bertz CT molecular complexity index is 651. The summed E-state index contributed by atoms with van der Waals surface area (Å²) in [6, 6.07) is 5.20. The summed E-state index contributed by atoms with van der Waals surface area (Å²) >= 11 is -1.28. The number of pyridine rings is 2. The number of nitrogens with one attached hydrogen (secondary N) is 1. The van der Waals surface area contributed by atoms with E-state index in [9.17, 15) is 9.35 Å². The topological polar surface area (TPSA) is 81.2 Å². The minimum absolute atomic E-state index is 0.246. The molecule has 0 spiro atoms. The van der Waals surface area contributed by atoms with Crippen molar-refractivity contribution >= 4 is 28.1 Å². The molecule has 0 bridgehead atoms. The van der Waals surface area contributed by atoms with Crippen LogP contribution in [0.5, 0.6) is 0 Å². The zero-order chi connectivity index (χ0) is 13.1. The minimum Gasteiger partial charge on any atom is -0.591 e. The van der Waals surface area contributed by atoms with Gasteiger partial charge < -0.3 is 9.54 Å². The molecule has 2 rings (SSSR count). The van der Waals surface area contributed by atoms with Crippen LogP contribution in [-0.2, 0) is 11.4 Å². The lowest BCUT2D eigenvalue weighted by Crippen LogP contribution is -2.17. The van der Waals surface area contributed by atoms with Crippen LogP contribution in [0, 0.1) is 0 Å². The van der Waals surface area contributed by atoms with E-state index in [1.165, 1.54) is 0 Å². The highest BCUT2D eigenvalue weighted by Gasteiger charge is 2.10. The molecule has 2 aromatic rings.